The van der Waals surface area contributed by atoms with Crippen molar-refractivity contribution in [1.29, 1.82) is 5.26 Å². The van der Waals surface area contributed by atoms with Crippen molar-refractivity contribution < 1.29 is 17.9 Å². The molecule has 0 radical (unpaired) electrons. The Hall–Kier alpha value is -1.91. The minimum absolute atomic E-state index is 0.00120. The number of nitrogens with zero attached hydrogens (tertiary/aromatic N) is 1. The van der Waals surface area contributed by atoms with Crippen LogP contribution in [-0.2, 0) is 19.6 Å². The van der Waals surface area contributed by atoms with E-state index in [9.17, 15) is 13.2 Å². The first-order valence-electron chi connectivity index (χ1n) is 6.46. The summed E-state index contributed by atoms with van der Waals surface area (Å²) in [5.41, 5.74) is 0.361. The summed E-state index contributed by atoms with van der Waals surface area (Å²) < 4.78 is 31.6. The second kappa shape index (κ2) is 7.20. The molecule has 0 unspecified atom stereocenters. The van der Waals surface area contributed by atoms with Crippen LogP contribution >= 0.6 is 0 Å². The molecule has 21 heavy (non-hydrogen) atoms. The zero-order valence-corrected chi connectivity index (χ0v) is 13.0. The van der Waals surface area contributed by atoms with Crippen molar-refractivity contribution in [3.05, 3.63) is 29.8 Å². The Morgan fingerprint density at radius 1 is 1.38 bits per heavy atom. The highest BCUT2D eigenvalue weighted by Gasteiger charge is 2.30. The molecule has 2 atom stereocenters. The lowest BCUT2D eigenvalue weighted by Gasteiger charge is -2.21. The zero-order chi connectivity index (χ0) is 16.0. The molecule has 1 aromatic carbocycles. The van der Waals surface area contributed by atoms with Crippen molar-refractivity contribution in [1.82, 2.24) is 4.72 Å². The van der Waals surface area contributed by atoms with Gasteiger partial charge in [-0.3, -0.25) is 4.79 Å². The summed E-state index contributed by atoms with van der Waals surface area (Å²) in [6, 6.07) is 6.43. The van der Waals surface area contributed by atoms with E-state index < -0.39 is 22.0 Å². The highest BCUT2D eigenvalue weighted by atomic mass is 32.2. The summed E-state index contributed by atoms with van der Waals surface area (Å²) in [6.07, 6.45) is 0.621. The van der Waals surface area contributed by atoms with Gasteiger partial charge in [-0.15, -0.1) is 0 Å². The maximum absolute atomic E-state index is 12.3. The third-order valence-electron chi connectivity index (χ3n) is 3.24. The lowest BCUT2D eigenvalue weighted by Crippen LogP contribution is -2.45. The molecular formula is C14H18N2O4S. The van der Waals surface area contributed by atoms with Gasteiger partial charge in [-0.25, -0.2) is 8.42 Å². The monoisotopic (exact) mass is 310 g/mol. The van der Waals surface area contributed by atoms with Gasteiger partial charge in [0.05, 0.1) is 23.6 Å². The second-order valence-corrected chi connectivity index (χ2v) is 6.36. The van der Waals surface area contributed by atoms with Crippen LogP contribution in [0.4, 0.5) is 0 Å². The van der Waals surface area contributed by atoms with Crippen LogP contribution < -0.4 is 4.72 Å². The summed E-state index contributed by atoms with van der Waals surface area (Å²) >= 11 is 0. The quantitative estimate of drug-likeness (QED) is 0.802. The van der Waals surface area contributed by atoms with Gasteiger partial charge in [-0.05, 0) is 30.2 Å². The lowest BCUT2D eigenvalue weighted by atomic mass is 10.0. The fraction of sp³-hybridized carbons (Fsp3) is 0.429. The van der Waals surface area contributed by atoms with E-state index in [1.165, 1.54) is 31.4 Å². The molecule has 1 N–H and O–H groups in total. The first-order chi connectivity index (χ1) is 9.85. The van der Waals surface area contributed by atoms with Crippen LogP contribution in [0.3, 0.4) is 0 Å². The van der Waals surface area contributed by atoms with Crippen molar-refractivity contribution in [2.24, 2.45) is 5.92 Å². The smallest absolute Gasteiger partial charge is 0.324 e. The predicted octanol–water partition coefficient (Wildman–Crippen LogP) is 1.42. The summed E-state index contributed by atoms with van der Waals surface area (Å²) in [7, 11) is -2.64. The number of hydrogen-bond acceptors (Lipinski definition) is 5. The predicted molar refractivity (Wildman–Crippen MR) is 76.7 cm³/mol. The Morgan fingerprint density at radius 2 is 1.95 bits per heavy atom. The third-order valence-corrected chi connectivity index (χ3v) is 4.70. The van der Waals surface area contributed by atoms with Gasteiger partial charge in [0.2, 0.25) is 10.0 Å². The number of benzene rings is 1. The molecule has 0 aliphatic heterocycles. The molecule has 114 valence electrons. The standard InChI is InChI=1S/C14H18N2O4S/c1-4-10(2)13(14(17)20-3)16-21(18,19)12-7-5-11(9-15)6-8-12/h5-8,10,13,16H,4H2,1-3H3/t10-,13-/m0/s1. The molecule has 0 aliphatic carbocycles. The Labute approximate surface area is 124 Å². The summed E-state index contributed by atoms with van der Waals surface area (Å²) in [6.45, 7) is 3.62. The van der Waals surface area contributed by atoms with Crippen molar-refractivity contribution >= 4 is 16.0 Å². The van der Waals surface area contributed by atoms with Gasteiger partial charge in [0.25, 0.3) is 0 Å². The highest BCUT2D eigenvalue weighted by Crippen LogP contribution is 2.15. The number of carbonyl (C=O) groups excluding carboxylic acids is 1. The van der Waals surface area contributed by atoms with Crippen LogP contribution in [0.15, 0.2) is 29.2 Å². The van der Waals surface area contributed by atoms with Crippen LogP contribution in [-0.4, -0.2) is 27.5 Å². The van der Waals surface area contributed by atoms with Gasteiger partial charge in [0, 0.05) is 0 Å². The van der Waals surface area contributed by atoms with E-state index in [1.807, 2.05) is 13.0 Å². The fourth-order valence-electron chi connectivity index (χ4n) is 1.70. The number of methoxy groups -OCH3 is 1. The minimum Gasteiger partial charge on any atom is -0.468 e. The number of nitrogens with one attached hydrogen (secondary N) is 1. The molecule has 1 aromatic rings. The van der Waals surface area contributed by atoms with Crippen molar-refractivity contribution in [2.75, 3.05) is 7.11 Å². The zero-order valence-electron chi connectivity index (χ0n) is 12.2. The van der Waals surface area contributed by atoms with E-state index in [4.69, 9.17) is 5.26 Å². The number of esters is 1. The molecule has 0 amide bonds. The molecule has 0 saturated carbocycles. The number of hydrogen-bond donors (Lipinski definition) is 1. The SMILES string of the molecule is CC[C@H](C)[C@H](NS(=O)(=O)c1ccc(C#N)cc1)C(=O)OC. The van der Waals surface area contributed by atoms with E-state index in [0.717, 1.165) is 0 Å². The Balaban J connectivity index is 3.05. The number of carbonyl (C=O) groups is 1. The normalized spacial score (nSPS) is 14.0. The minimum atomic E-state index is -3.85. The van der Waals surface area contributed by atoms with E-state index in [-0.39, 0.29) is 10.8 Å². The Kier molecular flexibility index (Phi) is 5.88. The summed E-state index contributed by atoms with van der Waals surface area (Å²) in [4.78, 5) is 11.7. The maximum atomic E-state index is 12.3. The molecule has 0 aromatic heterocycles. The van der Waals surface area contributed by atoms with E-state index in [1.54, 1.807) is 6.92 Å². The van der Waals surface area contributed by atoms with Crippen LogP contribution in [0, 0.1) is 17.2 Å². The van der Waals surface area contributed by atoms with Crippen LogP contribution in [0.25, 0.3) is 0 Å². The topological polar surface area (TPSA) is 96.3 Å². The van der Waals surface area contributed by atoms with E-state index in [0.29, 0.717) is 12.0 Å². The van der Waals surface area contributed by atoms with Gasteiger partial charge in [-0.2, -0.15) is 9.98 Å². The van der Waals surface area contributed by atoms with Gasteiger partial charge < -0.3 is 4.74 Å². The van der Waals surface area contributed by atoms with Crippen LogP contribution in [0.5, 0.6) is 0 Å². The Morgan fingerprint density at radius 3 is 2.38 bits per heavy atom. The third kappa shape index (κ3) is 4.28. The largest absolute Gasteiger partial charge is 0.468 e. The van der Waals surface area contributed by atoms with Gasteiger partial charge in [0.1, 0.15) is 6.04 Å². The average Bonchev–Trinajstić information content (AvgIpc) is 2.51. The molecule has 0 spiro atoms. The van der Waals surface area contributed by atoms with Crippen LogP contribution in [0.2, 0.25) is 0 Å². The molecular weight excluding hydrogens is 292 g/mol. The molecule has 0 saturated heterocycles. The fourth-order valence-corrected chi connectivity index (χ4v) is 3.00. The van der Waals surface area contributed by atoms with Crippen LogP contribution in [0.1, 0.15) is 25.8 Å². The van der Waals surface area contributed by atoms with Crippen molar-refractivity contribution in [3.8, 4) is 6.07 Å². The molecule has 0 fully saturated rings. The van der Waals surface area contributed by atoms with Crippen molar-refractivity contribution in [3.63, 3.8) is 0 Å². The molecule has 6 nitrogen and oxygen atoms in total. The van der Waals surface area contributed by atoms with Gasteiger partial charge in [0.15, 0.2) is 0 Å². The molecule has 0 bridgehead atoms. The van der Waals surface area contributed by atoms with E-state index in [2.05, 4.69) is 9.46 Å². The first kappa shape index (κ1) is 17.1. The average molecular weight is 310 g/mol. The summed E-state index contributed by atoms with van der Waals surface area (Å²) in [5.74, 6) is -0.827. The van der Waals surface area contributed by atoms with Gasteiger partial charge in [-0.1, -0.05) is 20.3 Å². The molecule has 7 heteroatoms. The van der Waals surface area contributed by atoms with Crippen molar-refractivity contribution in [2.45, 2.75) is 31.2 Å². The number of nitriles is 1. The van der Waals surface area contributed by atoms with Gasteiger partial charge >= 0.3 is 5.97 Å². The molecule has 0 aliphatic rings. The number of rotatable bonds is 6. The maximum Gasteiger partial charge on any atom is 0.324 e. The number of ether oxygens (including phenoxy) is 1. The second-order valence-electron chi connectivity index (χ2n) is 4.64. The first-order valence-corrected chi connectivity index (χ1v) is 7.94. The van der Waals surface area contributed by atoms with E-state index >= 15 is 0 Å². The molecule has 1 rings (SSSR count). The molecule has 0 heterocycles. The summed E-state index contributed by atoms with van der Waals surface area (Å²) in [5, 5.41) is 8.71. The Bertz CT molecular complexity index is 632. The highest BCUT2D eigenvalue weighted by molar-refractivity contribution is 7.89. The number of sulfonamides is 1. The lowest BCUT2D eigenvalue weighted by molar-refractivity contribution is -0.143.